The first kappa shape index (κ1) is 17.7. The molecule has 1 aromatic carbocycles. The van der Waals surface area contributed by atoms with Gasteiger partial charge in [0.15, 0.2) is 0 Å². The zero-order valence-corrected chi connectivity index (χ0v) is 13.5. The van der Waals surface area contributed by atoms with Crippen molar-refractivity contribution in [3.8, 4) is 0 Å². The Labute approximate surface area is 133 Å². The quantitative estimate of drug-likeness (QED) is 0.718. The average Bonchev–Trinajstić information content (AvgIpc) is 2.43. The number of amides is 2. The number of aliphatic carboxylic acids is 1. The molecular formula is C14H19ClN2O3S. The van der Waals surface area contributed by atoms with Gasteiger partial charge in [-0.15, -0.1) is 0 Å². The molecule has 0 fully saturated rings. The number of carbonyl (C=O) groups excluding carboxylic acids is 1. The molecule has 7 heteroatoms. The zero-order valence-electron chi connectivity index (χ0n) is 11.9. The van der Waals surface area contributed by atoms with Gasteiger partial charge in [0, 0.05) is 5.02 Å². The Morgan fingerprint density at radius 2 is 1.90 bits per heavy atom. The first-order valence-electron chi connectivity index (χ1n) is 6.48. The highest BCUT2D eigenvalue weighted by Gasteiger charge is 2.20. The number of hydrogen-bond acceptors (Lipinski definition) is 3. The van der Waals surface area contributed by atoms with E-state index in [-0.39, 0.29) is 6.04 Å². The molecule has 1 rings (SSSR count). The van der Waals surface area contributed by atoms with Crippen LogP contribution in [0, 0.1) is 0 Å². The minimum absolute atomic E-state index is 0.239. The first-order valence-corrected chi connectivity index (χ1v) is 8.25. The number of benzene rings is 1. The average molecular weight is 331 g/mol. The molecule has 0 aliphatic rings. The second kappa shape index (κ2) is 8.79. The number of halogens is 1. The molecule has 0 spiro atoms. The Kier molecular flexibility index (Phi) is 7.39. The van der Waals surface area contributed by atoms with Gasteiger partial charge in [0.25, 0.3) is 0 Å². The molecule has 0 saturated heterocycles. The number of carbonyl (C=O) groups is 2. The smallest absolute Gasteiger partial charge is 0.326 e. The Morgan fingerprint density at radius 3 is 2.43 bits per heavy atom. The molecule has 2 atom stereocenters. The van der Waals surface area contributed by atoms with E-state index in [2.05, 4.69) is 10.6 Å². The summed E-state index contributed by atoms with van der Waals surface area (Å²) in [5.74, 6) is -0.359. The summed E-state index contributed by atoms with van der Waals surface area (Å²) < 4.78 is 0. The molecular weight excluding hydrogens is 312 g/mol. The van der Waals surface area contributed by atoms with Crippen LogP contribution in [0.25, 0.3) is 0 Å². The van der Waals surface area contributed by atoms with Crippen LogP contribution >= 0.6 is 23.4 Å². The first-order chi connectivity index (χ1) is 9.93. The molecule has 3 N–H and O–H groups in total. The predicted octanol–water partition coefficient (Wildman–Crippen LogP) is 2.91. The van der Waals surface area contributed by atoms with Gasteiger partial charge < -0.3 is 15.7 Å². The van der Waals surface area contributed by atoms with Crippen molar-refractivity contribution in [2.24, 2.45) is 0 Å². The second-order valence-corrected chi connectivity index (χ2v) is 5.99. The molecule has 5 nitrogen and oxygen atoms in total. The fraction of sp³-hybridized carbons (Fsp3) is 0.429. The summed E-state index contributed by atoms with van der Waals surface area (Å²) >= 11 is 7.35. The summed E-state index contributed by atoms with van der Waals surface area (Å²) in [4.78, 5) is 22.9. The van der Waals surface area contributed by atoms with Crippen molar-refractivity contribution in [3.63, 3.8) is 0 Å². The SMILES string of the molecule is CSCC[C@H](NC(=O)NC(C)c1ccc(Cl)cc1)C(=O)O. The molecule has 0 aromatic heterocycles. The number of nitrogens with one attached hydrogen (secondary N) is 2. The maximum absolute atomic E-state index is 11.9. The van der Waals surface area contributed by atoms with Crippen molar-refractivity contribution >= 4 is 35.4 Å². The fourth-order valence-corrected chi connectivity index (χ4v) is 2.32. The highest BCUT2D eigenvalue weighted by molar-refractivity contribution is 7.98. The normalized spacial score (nSPS) is 13.3. The molecule has 0 radical (unpaired) electrons. The van der Waals surface area contributed by atoms with E-state index in [1.165, 1.54) is 11.8 Å². The van der Waals surface area contributed by atoms with Crippen molar-refractivity contribution in [1.82, 2.24) is 10.6 Å². The van der Waals surface area contributed by atoms with Gasteiger partial charge in [0.1, 0.15) is 6.04 Å². The summed E-state index contributed by atoms with van der Waals surface area (Å²) in [5.41, 5.74) is 0.894. The van der Waals surface area contributed by atoms with E-state index in [1.807, 2.05) is 25.3 Å². The topological polar surface area (TPSA) is 78.4 Å². The monoisotopic (exact) mass is 330 g/mol. The maximum Gasteiger partial charge on any atom is 0.326 e. The number of hydrogen-bond donors (Lipinski definition) is 3. The van der Waals surface area contributed by atoms with Crippen molar-refractivity contribution < 1.29 is 14.7 Å². The lowest BCUT2D eigenvalue weighted by molar-refractivity contribution is -0.139. The standard InChI is InChI=1S/C14H19ClN2O3S/c1-9(10-3-5-11(15)6-4-10)16-14(20)17-12(13(18)19)7-8-21-2/h3-6,9,12H,7-8H2,1-2H3,(H,18,19)(H2,16,17,20)/t9?,12-/m0/s1. The second-order valence-electron chi connectivity index (χ2n) is 4.56. The van der Waals surface area contributed by atoms with Crippen LogP contribution in [0.3, 0.4) is 0 Å². The molecule has 0 aliphatic carbocycles. The van der Waals surface area contributed by atoms with Gasteiger partial charge in [0.05, 0.1) is 6.04 Å². The fourth-order valence-electron chi connectivity index (χ4n) is 1.72. The van der Waals surface area contributed by atoms with Crippen LogP contribution in [0.1, 0.15) is 24.9 Å². The third-order valence-electron chi connectivity index (χ3n) is 2.93. The van der Waals surface area contributed by atoms with E-state index in [0.717, 1.165) is 5.56 Å². The molecule has 1 aromatic rings. The van der Waals surface area contributed by atoms with Gasteiger partial charge in [-0.25, -0.2) is 9.59 Å². The molecule has 1 unspecified atom stereocenters. The maximum atomic E-state index is 11.9. The third-order valence-corrected chi connectivity index (χ3v) is 3.83. The zero-order chi connectivity index (χ0) is 15.8. The Hall–Kier alpha value is -1.40. The van der Waals surface area contributed by atoms with E-state index in [4.69, 9.17) is 16.7 Å². The molecule has 0 bridgehead atoms. The lowest BCUT2D eigenvalue weighted by atomic mass is 10.1. The van der Waals surface area contributed by atoms with E-state index < -0.39 is 18.0 Å². The minimum Gasteiger partial charge on any atom is -0.480 e. The summed E-state index contributed by atoms with van der Waals surface area (Å²) in [7, 11) is 0. The predicted molar refractivity (Wildman–Crippen MR) is 86.0 cm³/mol. The van der Waals surface area contributed by atoms with Crippen LogP contribution in [-0.4, -0.2) is 35.2 Å². The molecule has 0 aliphatic heterocycles. The van der Waals surface area contributed by atoms with Crippen LogP contribution in [-0.2, 0) is 4.79 Å². The summed E-state index contributed by atoms with van der Waals surface area (Å²) in [6, 6.07) is 5.50. The van der Waals surface area contributed by atoms with Gasteiger partial charge in [-0.05, 0) is 43.0 Å². The van der Waals surface area contributed by atoms with Crippen LogP contribution < -0.4 is 10.6 Å². The van der Waals surface area contributed by atoms with Crippen LogP contribution in [0.2, 0.25) is 5.02 Å². The Balaban J connectivity index is 2.54. The number of rotatable bonds is 7. The Bertz CT molecular complexity index is 482. The van der Waals surface area contributed by atoms with Crippen molar-refractivity contribution in [2.75, 3.05) is 12.0 Å². The summed E-state index contributed by atoms with van der Waals surface area (Å²) in [6.07, 6.45) is 2.28. The number of thioether (sulfide) groups is 1. The number of carboxylic acid groups (broad SMARTS) is 1. The van der Waals surface area contributed by atoms with Crippen LogP contribution in [0.4, 0.5) is 4.79 Å². The number of carboxylic acids is 1. The van der Waals surface area contributed by atoms with E-state index in [0.29, 0.717) is 17.2 Å². The lowest BCUT2D eigenvalue weighted by Crippen LogP contribution is -2.46. The summed E-state index contributed by atoms with van der Waals surface area (Å²) in [6.45, 7) is 1.82. The molecule has 2 amide bonds. The molecule has 0 heterocycles. The van der Waals surface area contributed by atoms with Gasteiger partial charge in [-0.1, -0.05) is 23.7 Å². The van der Waals surface area contributed by atoms with E-state index in [9.17, 15) is 9.59 Å². The highest BCUT2D eigenvalue weighted by Crippen LogP contribution is 2.15. The largest absolute Gasteiger partial charge is 0.480 e. The van der Waals surface area contributed by atoms with Crippen molar-refractivity contribution in [3.05, 3.63) is 34.9 Å². The summed E-state index contributed by atoms with van der Waals surface area (Å²) in [5, 5.41) is 14.9. The molecule has 116 valence electrons. The van der Waals surface area contributed by atoms with Gasteiger partial charge in [-0.3, -0.25) is 0 Å². The van der Waals surface area contributed by atoms with Crippen molar-refractivity contribution in [1.29, 1.82) is 0 Å². The number of urea groups is 1. The van der Waals surface area contributed by atoms with E-state index >= 15 is 0 Å². The minimum atomic E-state index is -1.03. The van der Waals surface area contributed by atoms with Crippen LogP contribution in [0.5, 0.6) is 0 Å². The molecule has 21 heavy (non-hydrogen) atoms. The van der Waals surface area contributed by atoms with E-state index in [1.54, 1.807) is 12.1 Å². The van der Waals surface area contributed by atoms with Gasteiger partial charge >= 0.3 is 12.0 Å². The lowest BCUT2D eigenvalue weighted by Gasteiger charge is -2.18. The van der Waals surface area contributed by atoms with Crippen LogP contribution in [0.15, 0.2) is 24.3 Å². The third kappa shape index (κ3) is 6.27. The van der Waals surface area contributed by atoms with Gasteiger partial charge in [0.2, 0.25) is 0 Å². The highest BCUT2D eigenvalue weighted by atomic mass is 35.5. The van der Waals surface area contributed by atoms with Crippen molar-refractivity contribution in [2.45, 2.75) is 25.4 Å². The molecule has 0 saturated carbocycles. The van der Waals surface area contributed by atoms with Gasteiger partial charge in [-0.2, -0.15) is 11.8 Å². The Morgan fingerprint density at radius 1 is 1.29 bits per heavy atom.